The van der Waals surface area contributed by atoms with E-state index in [1.165, 1.54) is 0 Å². The molecule has 0 saturated carbocycles. The first-order chi connectivity index (χ1) is 8.13. The topological polar surface area (TPSA) is 84.6 Å². The van der Waals surface area contributed by atoms with E-state index in [1.807, 2.05) is 18.2 Å². The van der Waals surface area contributed by atoms with Gasteiger partial charge in [-0.3, -0.25) is 4.79 Å². The standard InChI is InChI=1S/C12H16N2O3/c1-14-11(10(13)12(15)16)8-2-3-9-7(6-8)4-5-17-9/h2-3,6,10-11,14H,4-5,13H2,1H3,(H,15,16). The number of benzene rings is 1. The number of hydrogen-bond acceptors (Lipinski definition) is 4. The van der Waals surface area contributed by atoms with Crippen LogP contribution in [0.3, 0.4) is 0 Å². The van der Waals surface area contributed by atoms with Crippen molar-refractivity contribution in [2.75, 3.05) is 13.7 Å². The Kier molecular flexibility index (Phi) is 3.31. The van der Waals surface area contributed by atoms with E-state index in [0.717, 1.165) is 23.3 Å². The zero-order chi connectivity index (χ0) is 12.4. The Bertz CT molecular complexity index is 434. The molecule has 0 amide bonds. The lowest BCUT2D eigenvalue weighted by molar-refractivity contribution is -0.139. The van der Waals surface area contributed by atoms with Gasteiger partial charge in [-0.15, -0.1) is 0 Å². The molecule has 1 aromatic carbocycles. The number of rotatable bonds is 4. The van der Waals surface area contributed by atoms with Gasteiger partial charge in [0.25, 0.3) is 0 Å². The number of carboxylic acid groups (broad SMARTS) is 1. The molecular formula is C12H16N2O3. The molecule has 1 aliphatic rings. The van der Waals surface area contributed by atoms with Crippen LogP contribution in [0.5, 0.6) is 5.75 Å². The van der Waals surface area contributed by atoms with Gasteiger partial charge in [0.05, 0.1) is 12.6 Å². The van der Waals surface area contributed by atoms with Crippen molar-refractivity contribution in [1.82, 2.24) is 5.32 Å². The predicted molar refractivity (Wildman–Crippen MR) is 63.1 cm³/mol. The first-order valence-electron chi connectivity index (χ1n) is 5.54. The Hall–Kier alpha value is -1.59. The quantitative estimate of drug-likeness (QED) is 0.700. The molecule has 4 N–H and O–H groups in total. The largest absolute Gasteiger partial charge is 0.493 e. The molecule has 0 bridgehead atoms. The summed E-state index contributed by atoms with van der Waals surface area (Å²) < 4.78 is 5.41. The van der Waals surface area contributed by atoms with Gasteiger partial charge < -0.3 is 20.9 Å². The van der Waals surface area contributed by atoms with E-state index >= 15 is 0 Å². The second-order valence-corrected chi connectivity index (χ2v) is 4.10. The van der Waals surface area contributed by atoms with Crippen LogP contribution in [-0.2, 0) is 11.2 Å². The SMILES string of the molecule is CNC(c1ccc2c(c1)CCO2)C(N)C(=O)O. The molecular weight excluding hydrogens is 220 g/mol. The van der Waals surface area contributed by atoms with Crippen molar-refractivity contribution in [3.63, 3.8) is 0 Å². The number of nitrogens with two attached hydrogens (primary N) is 1. The van der Waals surface area contributed by atoms with E-state index in [4.69, 9.17) is 15.6 Å². The van der Waals surface area contributed by atoms with Crippen LogP contribution in [-0.4, -0.2) is 30.8 Å². The average Bonchev–Trinajstić information content (AvgIpc) is 2.77. The van der Waals surface area contributed by atoms with Crippen LogP contribution in [0, 0.1) is 0 Å². The van der Waals surface area contributed by atoms with Gasteiger partial charge in [-0.1, -0.05) is 12.1 Å². The lowest BCUT2D eigenvalue weighted by Gasteiger charge is -2.21. The van der Waals surface area contributed by atoms with Crippen LogP contribution in [0.4, 0.5) is 0 Å². The van der Waals surface area contributed by atoms with Gasteiger partial charge in [-0.05, 0) is 24.2 Å². The number of nitrogens with one attached hydrogen (secondary N) is 1. The predicted octanol–water partition coefficient (Wildman–Crippen LogP) is 0.294. The van der Waals surface area contributed by atoms with Crippen molar-refractivity contribution in [2.45, 2.75) is 18.5 Å². The van der Waals surface area contributed by atoms with Crippen LogP contribution in [0.2, 0.25) is 0 Å². The third-order valence-corrected chi connectivity index (χ3v) is 3.03. The summed E-state index contributed by atoms with van der Waals surface area (Å²) in [5, 5.41) is 11.9. The molecule has 5 heteroatoms. The molecule has 1 aliphatic heterocycles. The van der Waals surface area contributed by atoms with Gasteiger partial charge in [0.1, 0.15) is 11.8 Å². The van der Waals surface area contributed by atoms with Crippen LogP contribution >= 0.6 is 0 Å². The van der Waals surface area contributed by atoms with Crippen LogP contribution in [0.15, 0.2) is 18.2 Å². The number of ether oxygens (including phenoxy) is 1. The maximum Gasteiger partial charge on any atom is 0.322 e. The number of fused-ring (bicyclic) bond motifs is 1. The highest BCUT2D eigenvalue weighted by Gasteiger charge is 2.25. The van der Waals surface area contributed by atoms with E-state index in [1.54, 1.807) is 7.05 Å². The second-order valence-electron chi connectivity index (χ2n) is 4.10. The van der Waals surface area contributed by atoms with Crippen LogP contribution < -0.4 is 15.8 Å². The summed E-state index contributed by atoms with van der Waals surface area (Å²) in [6, 6.07) is 4.34. The number of carboxylic acids is 1. The van der Waals surface area contributed by atoms with Crippen LogP contribution in [0.25, 0.3) is 0 Å². The zero-order valence-electron chi connectivity index (χ0n) is 9.64. The molecule has 0 aromatic heterocycles. The fourth-order valence-corrected chi connectivity index (χ4v) is 2.10. The van der Waals surface area contributed by atoms with E-state index < -0.39 is 18.1 Å². The maximum atomic E-state index is 10.9. The fraction of sp³-hybridized carbons (Fsp3) is 0.417. The molecule has 0 fully saturated rings. The summed E-state index contributed by atoms with van der Waals surface area (Å²) in [4.78, 5) is 10.9. The number of aliphatic carboxylic acids is 1. The van der Waals surface area contributed by atoms with E-state index in [9.17, 15) is 4.79 Å². The van der Waals surface area contributed by atoms with Gasteiger partial charge in [0, 0.05) is 6.42 Å². The number of likely N-dealkylation sites (N-methyl/N-ethyl adjacent to an activating group) is 1. The molecule has 5 nitrogen and oxygen atoms in total. The second kappa shape index (κ2) is 4.73. The Morgan fingerprint density at radius 2 is 2.35 bits per heavy atom. The van der Waals surface area contributed by atoms with Crippen molar-refractivity contribution in [3.8, 4) is 5.75 Å². The third-order valence-electron chi connectivity index (χ3n) is 3.03. The third kappa shape index (κ3) is 2.25. The summed E-state index contributed by atoms with van der Waals surface area (Å²) in [5.41, 5.74) is 7.65. The van der Waals surface area contributed by atoms with Crippen molar-refractivity contribution >= 4 is 5.97 Å². The Morgan fingerprint density at radius 3 is 3.00 bits per heavy atom. The Balaban J connectivity index is 2.28. The number of carbonyl (C=O) groups is 1. The first kappa shape index (κ1) is 11.9. The van der Waals surface area contributed by atoms with Gasteiger partial charge >= 0.3 is 5.97 Å². The van der Waals surface area contributed by atoms with Crippen molar-refractivity contribution < 1.29 is 14.6 Å². The van der Waals surface area contributed by atoms with Crippen molar-refractivity contribution in [2.24, 2.45) is 5.73 Å². The van der Waals surface area contributed by atoms with Gasteiger partial charge in [-0.25, -0.2) is 0 Å². The molecule has 1 aromatic rings. The molecule has 1 heterocycles. The minimum Gasteiger partial charge on any atom is -0.493 e. The molecule has 2 unspecified atom stereocenters. The van der Waals surface area contributed by atoms with Gasteiger partial charge in [0.2, 0.25) is 0 Å². The fourth-order valence-electron chi connectivity index (χ4n) is 2.10. The molecule has 0 radical (unpaired) electrons. The summed E-state index contributed by atoms with van der Waals surface area (Å²) in [5.74, 6) is -0.131. The molecule has 2 rings (SSSR count). The molecule has 0 saturated heterocycles. The number of hydrogen-bond donors (Lipinski definition) is 3. The molecule has 0 spiro atoms. The Labute approximate surface area is 99.6 Å². The maximum absolute atomic E-state index is 10.9. The molecule has 2 atom stereocenters. The zero-order valence-corrected chi connectivity index (χ0v) is 9.64. The Morgan fingerprint density at radius 1 is 1.59 bits per heavy atom. The highest BCUT2D eigenvalue weighted by molar-refractivity contribution is 5.74. The van der Waals surface area contributed by atoms with Gasteiger partial charge in [0.15, 0.2) is 0 Å². The monoisotopic (exact) mass is 236 g/mol. The highest BCUT2D eigenvalue weighted by atomic mass is 16.5. The molecule has 0 aliphatic carbocycles. The van der Waals surface area contributed by atoms with Crippen molar-refractivity contribution in [3.05, 3.63) is 29.3 Å². The summed E-state index contributed by atoms with van der Waals surface area (Å²) >= 11 is 0. The normalized spacial score (nSPS) is 17.1. The van der Waals surface area contributed by atoms with Crippen molar-refractivity contribution in [1.29, 1.82) is 0 Å². The van der Waals surface area contributed by atoms with E-state index in [-0.39, 0.29) is 0 Å². The minimum absolute atomic E-state index is 0.390. The highest BCUT2D eigenvalue weighted by Crippen LogP contribution is 2.28. The smallest absolute Gasteiger partial charge is 0.322 e. The summed E-state index contributed by atoms with van der Waals surface area (Å²) in [6.45, 7) is 0.688. The van der Waals surface area contributed by atoms with Crippen LogP contribution in [0.1, 0.15) is 17.2 Å². The first-order valence-corrected chi connectivity index (χ1v) is 5.54. The van der Waals surface area contributed by atoms with Gasteiger partial charge in [-0.2, -0.15) is 0 Å². The lowest BCUT2D eigenvalue weighted by atomic mass is 9.97. The van der Waals surface area contributed by atoms with E-state index in [0.29, 0.717) is 6.61 Å². The average molecular weight is 236 g/mol. The molecule has 17 heavy (non-hydrogen) atoms. The summed E-state index contributed by atoms with van der Waals surface area (Å²) in [7, 11) is 1.71. The summed E-state index contributed by atoms with van der Waals surface area (Å²) in [6.07, 6.45) is 0.863. The minimum atomic E-state index is -1.01. The lowest BCUT2D eigenvalue weighted by Crippen LogP contribution is -2.42. The van der Waals surface area contributed by atoms with E-state index in [2.05, 4.69) is 5.32 Å². The molecule has 92 valence electrons.